The quantitative estimate of drug-likeness (QED) is 0.348. The van der Waals surface area contributed by atoms with Gasteiger partial charge < -0.3 is 0 Å². The van der Waals surface area contributed by atoms with Gasteiger partial charge in [0.15, 0.2) is 0 Å². The molecule has 0 spiro atoms. The van der Waals surface area contributed by atoms with Crippen LogP contribution < -0.4 is 0 Å². The minimum Gasteiger partial charge on any atom is -0.206 e. The summed E-state index contributed by atoms with van der Waals surface area (Å²) in [4.78, 5) is 0. The monoisotopic (exact) mass is 434 g/mol. The molecule has 0 saturated heterocycles. The molecule has 0 amide bonds. The summed E-state index contributed by atoms with van der Waals surface area (Å²) < 4.78 is 14.7. The molecule has 0 atom stereocenters. The summed E-state index contributed by atoms with van der Waals surface area (Å²) in [5.41, 5.74) is 5.58. The fraction of sp³-hybridized carbons (Fsp3) is 0.379. The number of halogens is 2. The van der Waals surface area contributed by atoms with Gasteiger partial charge in [-0.1, -0.05) is 73.5 Å². The Balaban J connectivity index is 1.28. The molecule has 2 heteroatoms. The highest BCUT2D eigenvalue weighted by Crippen LogP contribution is 2.37. The van der Waals surface area contributed by atoms with Gasteiger partial charge in [-0.05, 0) is 97.2 Å². The van der Waals surface area contributed by atoms with Crippen LogP contribution in [0.2, 0.25) is 5.02 Å². The molecule has 0 bridgehead atoms. The van der Waals surface area contributed by atoms with E-state index in [9.17, 15) is 4.39 Å². The van der Waals surface area contributed by atoms with Gasteiger partial charge >= 0.3 is 0 Å². The summed E-state index contributed by atoms with van der Waals surface area (Å²) in [5, 5.41) is 0.670. The fourth-order valence-electron chi connectivity index (χ4n) is 4.98. The smallest absolute Gasteiger partial charge is 0.131 e. The van der Waals surface area contributed by atoms with Gasteiger partial charge in [0.25, 0.3) is 0 Å². The predicted molar refractivity (Wildman–Crippen MR) is 130 cm³/mol. The molecule has 0 N–H and O–H groups in total. The normalized spacial score (nSPS) is 18.8. The summed E-state index contributed by atoms with van der Waals surface area (Å²) in [6.45, 7) is 2.23. The SMILES string of the molecule is CCCc1ccc([C@H]2CC[C@H](CCc3ccc(-c4ccc(Cl)cc4)c(F)c3)CC2)cc1. The lowest BCUT2D eigenvalue weighted by Gasteiger charge is -2.29. The van der Waals surface area contributed by atoms with E-state index in [1.54, 1.807) is 18.2 Å². The van der Waals surface area contributed by atoms with Crippen molar-refractivity contribution in [1.82, 2.24) is 0 Å². The second-order valence-electron chi connectivity index (χ2n) is 9.07. The van der Waals surface area contributed by atoms with Crippen LogP contribution in [-0.2, 0) is 12.8 Å². The molecule has 0 aromatic heterocycles. The molecule has 0 unspecified atom stereocenters. The molecule has 0 nitrogen and oxygen atoms in total. The molecule has 162 valence electrons. The van der Waals surface area contributed by atoms with Crippen LogP contribution in [0.3, 0.4) is 0 Å². The molecule has 31 heavy (non-hydrogen) atoms. The lowest BCUT2D eigenvalue weighted by molar-refractivity contribution is 0.310. The first-order valence-corrected chi connectivity index (χ1v) is 12.1. The summed E-state index contributed by atoms with van der Waals surface area (Å²) in [7, 11) is 0. The van der Waals surface area contributed by atoms with Crippen LogP contribution in [0.4, 0.5) is 4.39 Å². The highest BCUT2D eigenvalue weighted by atomic mass is 35.5. The van der Waals surface area contributed by atoms with Gasteiger partial charge in [-0.2, -0.15) is 0 Å². The maximum Gasteiger partial charge on any atom is 0.131 e. The van der Waals surface area contributed by atoms with Gasteiger partial charge in [0.05, 0.1) is 0 Å². The van der Waals surface area contributed by atoms with Gasteiger partial charge in [0, 0.05) is 10.6 Å². The molecule has 0 radical (unpaired) electrons. The molecule has 1 aliphatic rings. The van der Waals surface area contributed by atoms with Crippen molar-refractivity contribution in [3.63, 3.8) is 0 Å². The van der Waals surface area contributed by atoms with E-state index in [1.807, 2.05) is 18.2 Å². The van der Waals surface area contributed by atoms with E-state index >= 15 is 0 Å². The highest BCUT2D eigenvalue weighted by Gasteiger charge is 2.22. The van der Waals surface area contributed by atoms with Gasteiger partial charge in [0.2, 0.25) is 0 Å². The Morgan fingerprint density at radius 2 is 1.48 bits per heavy atom. The Morgan fingerprint density at radius 1 is 0.806 bits per heavy atom. The van der Waals surface area contributed by atoms with Crippen LogP contribution in [0.5, 0.6) is 0 Å². The second kappa shape index (κ2) is 10.5. The minimum atomic E-state index is -0.143. The number of aryl methyl sites for hydroxylation is 2. The van der Waals surface area contributed by atoms with E-state index in [2.05, 4.69) is 37.3 Å². The first-order valence-electron chi connectivity index (χ1n) is 11.8. The van der Waals surface area contributed by atoms with Gasteiger partial charge in [0.1, 0.15) is 5.82 Å². The number of benzene rings is 3. The number of rotatable bonds is 7. The van der Waals surface area contributed by atoms with E-state index in [0.29, 0.717) is 16.5 Å². The molecular weight excluding hydrogens is 403 g/mol. The van der Waals surface area contributed by atoms with Crippen molar-refractivity contribution in [3.8, 4) is 11.1 Å². The first kappa shape index (κ1) is 22.1. The third-order valence-electron chi connectivity index (χ3n) is 6.87. The Labute approximate surface area is 191 Å². The largest absolute Gasteiger partial charge is 0.206 e. The predicted octanol–water partition coefficient (Wildman–Crippen LogP) is 9.01. The molecule has 1 aliphatic carbocycles. The molecular formula is C29H32ClF. The van der Waals surface area contributed by atoms with E-state index in [4.69, 9.17) is 11.6 Å². The summed E-state index contributed by atoms with van der Waals surface area (Å²) in [6.07, 6.45) is 9.62. The van der Waals surface area contributed by atoms with Crippen molar-refractivity contribution in [2.24, 2.45) is 5.92 Å². The van der Waals surface area contributed by atoms with Crippen molar-refractivity contribution >= 4 is 11.6 Å². The molecule has 1 fully saturated rings. The van der Waals surface area contributed by atoms with Crippen LogP contribution in [-0.4, -0.2) is 0 Å². The lowest BCUT2D eigenvalue weighted by atomic mass is 9.76. The standard InChI is InChI=1S/C29H32ClF/c1-2-3-21-6-11-24(12-7-21)25-13-8-22(9-14-25)4-5-23-10-19-28(29(31)20-23)26-15-17-27(30)18-16-26/h6-7,10-12,15-20,22,25H,2-5,8-9,13-14H2,1H3/t22-,25-. The molecule has 0 aliphatic heterocycles. The Morgan fingerprint density at radius 3 is 2.13 bits per heavy atom. The maximum atomic E-state index is 14.7. The summed E-state index contributed by atoms with van der Waals surface area (Å²) in [6, 6.07) is 22.4. The van der Waals surface area contributed by atoms with Gasteiger partial charge in [-0.15, -0.1) is 0 Å². The van der Waals surface area contributed by atoms with Crippen molar-refractivity contribution < 1.29 is 4.39 Å². The molecule has 1 saturated carbocycles. The third kappa shape index (κ3) is 5.77. The van der Waals surface area contributed by atoms with Crippen molar-refractivity contribution in [2.75, 3.05) is 0 Å². The van der Waals surface area contributed by atoms with Crippen molar-refractivity contribution in [1.29, 1.82) is 0 Å². The fourth-order valence-corrected chi connectivity index (χ4v) is 5.10. The zero-order chi connectivity index (χ0) is 21.6. The van der Waals surface area contributed by atoms with Crippen molar-refractivity contribution in [2.45, 2.75) is 64.2 Å². The molecule has 3 aromatic rings. The Kier molecular flexibility index (Phi) is 7.45. The first-order chi connectivity index (χ1) is 15.1. The Bertz CT molecular complexity index is 967. The van der Waals surface area contributed by atoms with Gasteiger partial charge in [-0.3, -0.25) is 0 Å². The van der Waals surface area contributed by atoms with Crippen LogP contribution in [0.1, 0.15) is 68.1 Å². The van der Waals surface area contributed by atoms with Crippen LogP contribution in [0.25, 0.3) is 11.1 Å². The van der Waals surface area contributed by atoms with Gasteiger partial charge in [-0.25, -0.2) is 4.39 Å². The molecule has 3 aromatic carbocycles. The van der Waals surface area contributed by atoms with E-state index in [-0.39, 0.29) is 5.82 Å². The summed E-state index contributed by atoms with van der Waals surface area (Å²) >= 11 is 5.95. The second-order valence-corrected chi connectivity index (χ2v) is 9.51. The highest BCUT2D eigenvalue weighted by molar-refractivity contribution is 6.30. The average molecular weight is 435 g/mol. The zero-order valence-electron chi connectivity index (χ0n) is 18.4. The van der Waals surface area contributed by atoms with Crippen molar-refractivity contribution in [3.05, 3.63) is 94.3 Å². The number of hydrogen-bond acceptors (Lipinski definition) is 0. The van der Waals surface area contributed by atoms with Crippen LogP contribution >= 0.6 is 11.6 Å². The van der Waals surface area contributed by atoms with Crippen LogP contribution in [0, 0.1) is 11.7 Å². The lowest BCUT2D eigenvalue weighted by Crippen LogP contribution is -2.14. The molecule has 4 rings (SSSR count). The topological polar surface area (TPSA) is 0 Å². The average Bonchev–Trinajstić information content (AvgIpc) is 2.80. The van der Waals surface area contributed by atoms with E-state index < -0.39 is 0 Å². The minimum absolute atomic E-state index is 0.143. The van der Waals surface area contributed by atoms with E-state index in [0.717, 1.165) is 29.9 Å². The Hall–Kier alpha value is -2.12. The maximum absolute atomic E-state index is 14.7. The third-order valence-corrected chi connectivity index (χ3v) is 7.12. The van der Waals surface area contributed by atoms with E-state index in [1.165, 1.54) is 49.7 Å². The summed E-state index contributed by atoms with van der Waals surface area (Å²) in [5.74, 6) is 1.33. The van der Waals surface area contributed by atoms with Crippen LogP contribution in [0.15, 0.2) is 66.7 Å². The number of hydrogen-bond donors (Lipinski definition) is 0. The zero-order valence-corrected chi connectivity index (χ0v) is 19.2. The molecule has 0 heterocycles.